The molecule has 1 amide bonds. The van der Waals surface area contributed by atoms with Crippen molar-refractivity contribution < 1.29 is 14.3 Å². The lowest BCUT2D eigenvalue weighted by atomic mass is 9.95. The van der Waals surface area contributed by atoms with Gasteiger partial charge < -0.3 is 14.8 Å². The number of carbonyl (C=O) groups excluding carboxylic acids is 1. The number of hydrogen-bond acceptors (Lipinski definition) is 3. The molecular formula is C11H18BrNO3. The fraction of sp³-hybridized carbons (Fsp3) is 0.909. The highest BCUT2D eigenvalue weighted by Crippen LogP contribution is 2.24. The maximum Gasteiger partial charge on any atom is 0.251 e. The van der Waals surface area contributed by atoms with Crippen LogP contribution >= 0.6 is 15.9 Å². The number of hydrogen-bond donors (Lipinski definition) is 1. The number of halogens is 1. The lowest BCUT2D eigenvalue weighted by molar-refractivity contribution is -0.148. The van der Waals surface area contributed by atoms with Crippen LogP contribution in [0.15, 0.2) is 0 Å². The first-order valence-electron chi connectivity index (χ1n) is 5.89. The predicted octanol–water partition coefficient (Wildman–Crippen LogP) is 1.22. The smallest absolute Gasteiger partial charge is 0.251 e. The normalized spacial score (nSPS) is 35.7. The number of amides is 1. The van der Waals surface area contributed by atoms with E-state index in [1.165, 1.54) is 0 Å². The Bertz CT molecular complexity index is 235. The first-order valence-corrected chi connectivity index (χ1v) is 6.81. The lowest BCUT2D eigenvalue weighted by Crippen LogP contribution is -2.47. The minimum absolute atomic E-state index is 0.0160. The standard InChI is InChI=1S/C11H18BrNO3/c12-8-1-3-9(4-2-8)13-11(14)10-7-15-5-6-16-10/h8-10H,1-7H2,(H,13,14). The van der Waals surface area contributed by atoms with Crippen molar-refractivity contribution in [3.8, 4) is 0 Å². The number of alkyl halides is 1. The second-order valence-corrected chi connectivity index (χ2v) is 5.69. The Morgan fingerprint density at radius 3 is 2.56 bits per heavy atom. The van der Waals surface area contributed by atoms with E-state index in [-0.39, 0.29) is 5.91 Å². The molecule has 2 aliphatic rings. The molecule has 1 unspecified atom stereocenters. The Hall–Kier alpha value is -0.130. The van der Waals surface area contributed by atoms with E-state index in [1.54, 1.807) is 0 Å². The summed E-state index contributed by atoms with van der Waals surface area (Å²) in [6.07, 6.45) is 3.96. The highest BCUT2D eigenvalue weighted by atomic mass is 79.9. The summed E-state index contributed by atoms with van der Waals surface area (Å²) in [5.74, 6) is -0.0160. The van der Waals surface area contributed by atoms with Crippen molar-refractivity contribution in [3.05, 3.63) is 0 Å². The van der Waals surface area contributed by atoms with Gasteiger partial charge in [0.1, 0.15) is 0 Å². The van der Waals surface area contributed by atoms with Gasteiger partial charge >= 0.3 is 0 Å². The summed E-state index contributed by atoms with van der Waals surface area (Å²) in [6.45, 7) is 1.50. The molecule has 1 atom stereocenters. The molecule has 2 rings (SSSR count). The molecule has 1 aliphatic carbocycles. The summed E-state index contributed by atoms with van der Waals surface area (Å²) in [5, 5.41) is 3.04. The van der Waals surface area contributed by atoms with Crippen molar-refractivity contribution >= 4 is 21.8 Å². The molecule has 1 heterocycles. The van der Waals surface area contributed by atoms with Gasteiger partial charge in [-0.05, 0) is 25.7 Å². The Kier molecular flexibility index (Phi) is 4.61. The van der Waals surface area contributed by atoms with Gasteiger partial charge in [-0.3, -0.25) is 4.79 Å². The zero-order chi connectivity index (χ0) is 11.4. The summed E-state index contributed by atoms with van der Waals surface area (Å²) in [4.78, 5) is 12.4. The molecule has 16 heavy (non-hydrogen) atoms. The third kappa shape index (κ3) is 3.43. The molecule has 5 heteroatoms. The van der Waals surface area contributed by atoms with E-state index < -0.39 is 6.10 Å². The van der Waals surface area contributed by atoms with Crippen LogP contribution in [0.25, 0.3) is 0 Å². The molecule has 4 nitrogen and oxygen atoms in total. The van der Waals surface area contributed by atoms with Crippen molar-refractivity contribution in [2.45, 2.75) is 42.7 Å². The molecule has 1 N–H and O–H groups in total. The van der Waals surface area contributed by atoms with E-state index in [0.717, 1.165) is 25.7 Å². The Labute approximate surface area is 104 Å². The molecule has 1 saturated heterocycles. The van der Waals surface area contributed by atoms with Gasteiger partial charge in [-0.15, -0.1) is 0 Å². The second-order valence-electron chi connectivity index (χ2n) is 4.39. The molecular weight excluding hydrogens is 274 g/mol. The maximum absolute atomic E-state index is 11.8. The molecule has 2 fully saturated rings. The Morgan fingerprint density at radius 2 is 1.94 bits per heavy atom. The van der Waals surface area contributed by atoms with Gasteiger partial charge in [0, 0.05) is 10.9 Å². The van der Waals surface area contributed by atoms with E-state index in [0.29, 0.717) is 30.7 Å². The van der Waals surface area contributed by atoms with Crippen LogP contribution in [-0.2, 0) is 14.3 Å². The zero-order valence-electron chi connectivity index (χ0n) is 9.28. The van der Waals surface area contributed by atoms with Crippen LogP contribution in [0.2, 0.25) is 0 Å². The van der Waals surface area contributed by atoms with E-state index in [9.17, 15) is 4.79 Å². The monoisotopic (exact) mass is 291 g/mol. The summed E-state index contributed by atoms with van der Waals surface area (Å²) < 4.78 is 10.6. The average molecular weight is 292 g/mol. The molecule has 1 aliphatic heterocycles. The number of ether oxygens (including phenoxy) is 2. The Balaban J connectivity index is 1.73. The Morgan fingerprint density at radius 1 is 1.19 bits per heavy atom. The van der Waals surface area contributed by atoms with Gasteiger partial charge in [0.25, 0.3) is 5.91 Å². The number of carbonyl (C=O) groups is 1. The first-order chi connectivity index (χ1) is 7.75. The SMILES string of the molecule is O=C(NC1CCC(Br)CC1)C1COCCO1. The molecule has 1 saturated carbocycles. The topological polar surface area (TPSA) is 47.6 Å². The van der Waals surface area contributed by atoms with Gasteiger partial charge in [-0.25, -0.2) is 0 Å². The third-order valence-electron chi connectivity index (χ3n) is 3.11. The third-order valence-corrected chi connectivity index (χ3v) is 4.03. The largest absolute Gasteiger partial charge is 0.376 e. The van der Waals surface area contributed by atoms with Gasteiger partial charge in [0.2, 0.25) is 0 Å². The molecule has 0 radical (unpaired) electrons. The van der Waals surface area contributed by atoms with Crippen LogP contribution in [0, 0.1) is 0 Å². The molecule has 0 aromatic heterocycles. The molecule has 0 aromatic carbocycles. The van der Waals surface area contributed by atoms with Crippen molar-refractivity contribution in [1.82, 2.24) is 5.32 Å². The van der Waals surface area contributed by atoms with Crippen LogP contribution < -0.4 is 5.32 Å². The predicted molar refractivity (Wildman–Crippen MR) is 63.7 cm³/mol. The molecule has 0 bridgehead atoms. The minimum Gasteiger partial charge on any atom is -0.376 e. The van der Waals surface area contributed by atoms with Crippen LogP contribution in [0.5, 0.6) is 0 Å². The highest BCUT2D eigenvalue weighted by Gasteiger charge is 2.26. The number of rotatable bonds is 2. The maximum atomic E-state index is 11.8. The minimum atomic E-state index is -0.407. The highest BCUT2D eigenvalue weighted by molar-refractivity contribution is 9.09. The molecule has 0 spiro atoms. The fourth-order valence-electron chi connectivity index (χ4n) is 2.13. The van der Waals surface area contributed by atoms with E-state index in [4.69, 9.17) is 9.47 Å². The van der Waals surface area contributed by atoms with Crippen LogP contribution in [0.3, 0.4) is 0 Å². The van der Waals surface area contributed by atoms with Gasteiger partial charge in [-0.1, -0.05) is 15.9 Å². The summed E-state index contributed by atoms with van der Waals surface area (Å²) in [6, 6.07) is 0.312. The fourth-order valence-corrected chi connectivity index (χ4v) is 2.66. The van der Waals surface area contributed by atoms with Crippen LogP contribution in [-0.4, -0.2) is 42.7 Å². The number of nitrogens with one attached hydrogen (secondary N) is 1. The van der Waals surface area contributed by atoms with E-state index >= 15 is 0 Å². The van der Waals surface area contributed by atoms with Crippen molar-refractivity contribution in [3.63, 3.8) is 0 Å². The van der Waals surface area contributed by atoms with Crippen molar-refractivity contribution in [2.75, 3.05) is 19.8 Å². The summed E-state index contributed by atoms with van der Waals surface area (Å²) >= 11 is 3.60. The molecule has 92 valence electrons. The quantitative estimate of drug-likeness (QED) is 0.779. The van der Waals surface area contributed by atoms with Gasteiger partial charge in [0.05, 0.1) is 19.8 Å². The van der Waals surface area contributed by atoms with E-state index in [1.807, 2.05) is 0 Å². The van der Waals surface area contributed by atoms with Crippen molar-refractivity contribution in [2.24, 2.45) is 0 Å². The van der Waals surface area contributed by atoms with Gasteiger partial charge in [-0.2, -0.15) is 0 Å². The van der Waals surface area contributed by atoms with Crippen molar-refractivity contribution in [1.29, 1.82) is 0 Å². The zero-order valence-corrected chi connectivity index (χ0v) is 10.9. The second kappa shape index (κ2) is 5.98. The van der Waals surface area contributed by atoms with Crippen LogP contribution in [0.4, 0.5) is 0 Å². The summed E-state index contributed by atoms with van der Waals surface area (Å²) in [5.41, 5.74) is 0. The lowest BCUT2D eigenvalue weighted by Gasteiger charge is -2.29. The van der Waals surface area contributed by atoms with Gasteiger partial charge in [0.15, 0.2) is 6.10 Å². The summed E-state index contributed by atoms with van der Waals surface area (Å²) in [7, 11) is 0. The first kappa shape index (κ1) is 12.3. The van der Waals surface area contributed by atoms with E-state index in [2.05, 4.69) is 21.2 Å². The average Bonchev–Trinajstić information content (AvgIpc) is 2.33. The van der Waals surface area contributed by atoms with Crippen LogP contribution in [0.1, 0.15) is 25.7 Å². The molecule has 0 aromatic rings.